The van der Waals surface area contributed by atoms with Gasteiger partial charge < -0.3 is 4.90 Å². The first-order chi connectivity index (χ1) is 10.4. The van der Waals surface area contributed by atoms with E-state index in [-0.39, 0.29) is 22.5 Å². The number of alkyl halides is 2. The van der Waals surface area contributed by atoms with Crippen LogP contribution in [0.25, 0.3) is 0 Å². The summed E-state index contributed by atoms with van der Waals surface area (Å²) in [6.45, 7) is 4.18. The van der Waals surface area contributed by atoms with Gasteiger partial charge in [-0.05, 0) is 32.0 Å². The molecule has 1 atom stereocenters. The first-order valence-corrected chi connectivity index (χ1v) is 7.21. The lowest BCUT2D eigenvalue weighted by Crippen LogP contribution is -2.42. The van der Waals surface area contributed by atoms with Gasteiger partial charge >= 0.3 is 0 Å². The molecule has 4 nitrogen and oxygen atoms in total. The number of aromatic nitrogens is 2. The molecule has 2 aromatic rings. The molecule has 0 N–H and O–H groups in total. The molecule has 1 aliphatic heterocycles. The van der Waals surface area contributed by atoms with Crippen molar-refractivity contribution in [2.24, 2.45) is 0 Å². The average molecular weight is 326 g/mol. The summed E-state index contributed by atoms with van der Waals surface area (Å²) in [4.78, 5) is 14.2. The Morgan fingerprint density at radius 1 is 1.41 bits per heavy atom. The second-order valence-electron chi connectivity index (χ2n) is 5.39. The maximum absolute atomic E-state index is 12.8. The minimum absolute atomic E-state index is 0.00468. The highest BCUT2D eigenvalue weighted by Crippen LogP contribution is 2.33. The van der Waals surface area contributed by atoms with Crippen LogP contribution in [-0.2, 0) is 0 Å². The molecular formula is C15H14ClF2N3O. The summed E-state index contributed by atoms with van der Waals surface area (Å²) in [6, 6.07) is 4.17. The lowest BCUT2D eigenvalue weighted by molar-refractivity contribution is 0.0952. The van der Waals surface area contributed by atoms with Gasteiger partial charge in [0, 0.05) is 23.4 Å². The first-order valence-electron chi connectivity index (χ1n) is 6.83. The molecule has 0 aliphatic carbocycles. The van der Waals surface area contributed by atoms with Crippen molar-refractivity contribution in [2.75, 3.05) is 11.4 Å². The van der Waals surface area contributed by atoms with Gasteiger partial charge in [-0.15, -0.1) is 0 Å². The fourth-order valence-electron chi connectivity index (χ4n) is 2.69. The van der Waals surface area contributed by atoms with Crippen LogP contribution in [0.5, 0.6) is 0 Å². The van der Waals surface area contributed by atoms with Crippen molar-refractivity contribution in [3.05, 3.63) is 46.2 Å². The highest BCUT2D eigenvalue weighted by atomic mass is 35.5. The molecule has 1 unspecified atom stereocenters. The molecule has 1 aliphatic rings. The lowest BCUT2D eigenvalue weighted by Gasteiger charge is -2.32. The average Bonchev–Trinajstić information content (AvgIpc) is 2.85. The molecule has 2 heterocycles. The molecule has 0 saturated carbocycles. The topological polar surface area (TPSA) is 38.1 Å². The van der Waals surface area contributed by atoms with Crippen molar-refractivity contribution in [1.29, 1.82) is 0 Å². The van der Waals surface area contributed by atoms with Gasteiger partial charge in [-0.25, -0.2) is 8.78 Å². The van der Waals surface area contributed by atoms with Crippen molar-refractivity contribution in [3.63, 3.8) is 0 Å². The van der Waals surface area contributed by atoms with Crippen LogP contribution in [0, 0.1) is 6.92 Å². The molecule has 0 fully saturated rings. The number of hydrogen-bond donors (Lipinski definition) is 0. The summed E-state index contributed by atoms with van der Waals surface area (Å²) < 4.78 is 27.2. The number of aryl methyl sites for hydroxylation is 1. The number of halogens is 3. The molecular weight excluding hydrogens is 312 g/mol. The number of rotatable bonds is 2. The van der Waals surface area contributed by atoms with Crippen LogP contribution in [0.2, 0.25) is 5.02 Å². The van der Waals surface area contributed by atoms with Crippen LogP contribution in [0.15, 0.2) is 24.4 Å². The van der Waals surface area contributed by atoms with Gasteiger partial charge in [0.25, 0.3) is 12.3 Å². The van der Waals surface area contributed by atoms with Crippen molar-refractivity contribution < 1.29 is 13.6 Å². The summed E-state index contributed by atoms with van der Waals surface area (Å²) in [7, 11) is 0. The Balaban J connectivity index is 2.02. The Hall–Kier alpha value is -1.95. The monoisotopic (exact) mass is 325 g/mol. The fourth-order valence-corrected chi connectivity index (χ4v) is 2.94. The van der Waals surface area contributed by atoms with E-state index < -0.39 is 6.43 Å². The minimum Gasteiger partial charge on any atom is -0.305 e. The van der Waals surface area contributed by atoms with Gasteiger partial charge in [0.1, 0.15) is 5.69 Å². The van der Waals surface area contributed by atoms with Crippen molar-refractivity contribution in [2.45, 2.75) is 26.3 Å². The number of benzene rings is 1. The first kappa shape index (κ1) is 15.0. The van der Waals surface area contributed by atoms with Gasteiger partial charge in [0.15, 0.2) is 0 Å². The van der Waals surface area contributed by atoms with E-state index in [0.29, 0.717) is 17.9 Å². The van der Waals surface area contributed by atoms with Gasteiger partial charge in [-0.2, -0.15) is 5.10 Å². The Morgan fingerprint density at radius 2 is 2.14 bits per heavy atom. The third-order valence-electron chi connectivity index (χ3n) is 3.82. The number of amides is 1. The van der Waals surface area contributed by atoms with E-state index in [4.69, 9.17) is 11.6 Å². The number of carbonyl (C=O) groups excluding carboxylic acids is 1. The third-order valence-corrected chi connectivity index (χ3v) is 4.15. The zero-order valence-electron chi connectivity index (χ0n) is 12.1. The third kappa shape index (κ3) is 2.27. The maximum Gasteiger partial charge on any atom is 0.276 e. The van der Waals surface area contributed by atoms with Crippen LogP contribution in [-0.4, -0.2) is 22.2 Å². The predicted octanol–water partition coefficient (Wildman–Crippen LogP) is 4.00. The zero-order chi connectivity index (χ0) is 16.0. The summed E-state index contributed by atoms with van der Waals surface area (Å²) >= 11 is 5.90. The SMILES string of the molecule is Cc1cnn2c1C(=O)N(c1ccc(C(F)F)c(Cl)c1)CC2C. The molecule has 0 bridgehead atoms. The van der Waals surface area contributed by atoms with Crippen LogP contribution < -0.4 is 4.90 Å². The maximum atomic E-state index is 12.8. The van der Waals surface area contributed by atoms with Crippen molar-refractivity contribution >= 4 is 23.2 Å². The fraction of sp³-hybridized carbons (Fsp3) is 0.333. The normalized spacial score (nSPS) is 18.0. The molecule has 0 radical (unpaired) electrons. The zero-order valence-corrected chi connectivity index (χ0v) is 12.8. The molecule has 1 amide bonds. The van der Waals surface area contributed by atoms with E-state index >= 15 is 0 Å². The van der Waals surface area contributed by atoms with E-state index in [1.54, 1.807) is 15.8 Å². The summed E-state index contributed by atoms with van der Waals surface area (Å²) in [6.07, 6.45) is -0.985. The largest absolute Gasteiger partial charge is 0.305 e. The van der Waals surface area contributed by atoms with Gasteiger partial charge in [-0.3, -0.25) is 9.48 Å². The van der Waals surface area contributed by atoms with Gasteiger partial charge in [-0.1, -0.05) is 11.6 Å². The molecule has 1 aromatic carbocycles. The smallest absolute Gasteiger partial charge is 0.276 e. The second-order valence-corrected chi connectivity index (χ2v) is 5.80. The quantitative estimate of drug-likeness (QED) is 0.837. The summed E-state index contributed by atoms with van der Waals surface area (Å²) in [5.41, 5.74) is 1.59. The van der Waals surface area contributed by atoms with Crippen molar-refractivity contribution in [3.8, 4) is 0 Å². The molecule has 3 rings (SSSR count). The van der Waals surface area contributed by atoms with Crippen LogP contribution in [0.1, 0.15) is 41.0 Å². The number of anilines is 1. The molecule has 22 heavy (non-hydrogen) atoms. The van der Waals surface area contributed by atoms with Crippen molar-refractivity contribution in [1.82, 2.24) is 9.78 Å². The molecule has 0 saturated heterocycles. The van der Waals surface area contributed by atoms with Gasteiger partial charge in [0.05, 0.1) is 17.3 Å². The van der Waals surface area contributed by atoms with Gasteiger partial charge in [0.2, 0.25) is 0 Å². The molecule has 0 spiro atoms. The molecule has 116 valence electrons. The van der Waals surface area contributed by atoms with E-state index in [1.807, 2.05) is 13.8 Å². The number of hydrogen-bond acceptors (Lipinski definition) is 2. The van der Waals surface area contributed by atoms with Crippen LogP contribution >= 0.6 is 11.6 Å². The van der Waals surface area contributed by atoms with E-state index in [9.17, 15) is 13.6 Å². The lowest BCUT2D eigenvalue weighted by atomic mass is 10.1. The van der Waals surface area contributed by atoms with E-state index in [2.05, 4.69) is 5.10 Å². The second kappa shape index (κ2) is 5.35. The Kier molecular flexibility index (Phi) is 3.64. The Bertz CT molecular complexity index is 744. The highest BCUT2D eigenvalue weighted by molar-refractivity contribution is 6.31. The van der Waals surface area contributed by atoms with E-state index in [0.717, 1.165) is 5.56 Å². The van der Waals surface area contributed by atoms with Crippen LogP contribution in [0.4, 0.5) is 14.5 Å². The highest BCUT2D eigenvalue weighted by Gasteiger charge is 2.32. The molecule has 7 heteroatoms. The predicted molar refractivity (Wildman–Crippen MR) is 79.8 cm³/mol. The molecule has 1 aromatic heterocycles. The van der Waals surface area contributed by atoms with E-state index in [1.165, 1.54) is 18.2 Å². The summed E-state index contributed by atoms with van der Waals surface area (Å²) in [5, 5.41) is 4.18. The van der Waals surface area contributed by atoms with Crippen LogP contribution in [0.3, 0.4) is 0 Å². The Morgan fingerprint density at radius 3 is 2.77 bits per heavy atom. The number of carbonyl (C=O) groups is 1. The Labute approximate surface area is 131 Å². The standard InChI is InChI=1S/C15H14ClF2N3O/c1-8-6-19-21-9(2)7-20(15(22)13(8)21)10-3-4-11(14(17)18)12(16)5-10/h3-6,9,14H,7H2,1-2H3. The summed E-state index contributed by atoms with van der Waals surface area (Å²) in [5.74, 6) is -0.200. The minimum atomic E-state index is -2.64. The number of fused-ring (bicyclic) bond motifs is 1. The number of nitrogens with zero attached hydrogens (tertiary/aromatic N) is 3.